The zero-order chi connectivity index (χ0) is 14.7. The number of carboxylic acid groups (broad SMARTS) is 1. The lowest BCUT2D eigenvalue weighted by Crippen LogP contribution is -2.16. The molecule has 0 radical (unpaired) electrons. The van der Waals surface area contributed by atoms with E-state index in [-0.39, 0.29) is 11.4 Å². The molecular formula is C14H11BrN2O3. The van der Waals surface area contributed by atoms with Gasteiger partial charge in [0.25, 0.3) is 5.91 Å². The molecule has 0 unspecified atom stereocenters. The molecule has 1 aromatic heterocycles. The number of pyridine rings is 1. The van der Waals surface area contributed by atoms with Crippen LogP contribution in [0.15, 0.2) is 40.9 Å². The molecule has 1 aromatic carbocycles. The van der Waals surface area contributed by atoms with E-state index in [0.717, 1.165) is 10.0 Å². The molecule has 102 valence electrons. The van der Waals surface area contributed by atoms with Gasteiger partial charge in [-0.1, -0.05) is 28.1 Å². The highest BCUT2D eigenvalue weighted by atomic mass is 79.9. The van der Waals surface area contributed by atoms with E-state index in [1.807, 2.05) is 19.1 Å². The van der Waals surface area contributed by atoms with Crippen LogP contribution < -0.4 is 5.32 Å². The van der Waals surface area contributed by atoms with Gasteiger partial charge >= 0.3 is 5.97 Å². The number of rotatable bonds is 3. The molecule has 1 amide bonds. The van der Waals surface area contributed by atoms with Gasteiger partial charge in [-0.3, -0.25) is 4.79 Å². The molecule has 1 heterocycles. The second kappa shape index (κ2) is 5.83. The summed E-state index contributed by atoms with van der Waals surface area (Å²) in [5, 5.41) is 11.6. The largest absolute Gasteiger partial charge is 0.477 e. The van der Waals surface area contributed by atoms with Crippen molar-refractivity contribution in [3.8, 4) is 0 Å². The SMILES string of the molecule is Cc1ccc(Br)cc1NC(=O)c1cccc(C(=O)O)n1. The standard InChI is InChI=1S/C14H11BrN2O3/c1-8-5-6-9(15)7-12(8)17-13(18)10-3-2-4-11(16-10)14(19)20/h2-7H,1H3,(H,17,18)(H,19,20). The van der Waals surface area contributed by atoms with Crippen LogP contribution in [-0.2, 0) is 0 Å². The van der Waals surface area contributed by atoms with Crippen molar-refractivity contribution in [1.29, 1.82) is 0 Å². The van der Waals surface area contributed by atoms with E-state index in [4.69, 9.17) is 5.11 Å². The number of aromatic nitrogens is 1. The molecule has 0 saturated heterocycles. The molecular weight excluding hydrogens is 324 g/mol. The van der Waals surface area contributed by atoms with E-state index < -0.39 is 11.9 Å². The second-order valence-corrected chi connectivity index (χ2v) is 5.04. The summed E-state index contributed by atoms with van der Waals surface area (Å²) in [7, 11) is 0. The van der Waals surface area contributed by atoms with E-state index in [0.29, 0.717) is 5.69 Å². The molecule has 20 heavy (non-hydrogen) atoms. The summed E-state index contributed by atoms with van der Waals surface area (Å²) >= 11 is 3.33. The zero-order valence-electron chi connectivity index (χ0n) is 10.6. The fourth-order valence-corrected chi connectivity index (χ4v) is 1.96. The van der Waals surface area contributed by atoms with E-state index in [1.54, 1.807) is 6.07 Å². The number of aromatic carboxylic acids is 1. The minimum Gasteiger partial charge on any atom is -0.477 e. The van der Waals surface area contributed by atoms with Crippen molar-refractivity contribution < 1.29 is 14.7 Å². The Bertz CT molecular complexity index is 686. The number of benzene rings is 1. The molecule has 0 fully saturated rings. The highest BCUT2D eigenvalue weighted by molar-refractivity contribution is 9.10. The van der Waals surface area contributed by atoms with Gasteiger partial charge in [0, 0.05) is 10.2 Å². The van der Waals surface area contributed by atoms with Gasteiger partial charge in [0.2, 0.25) is 0 Å². The van der Waals surface area contributed by atoms with E-state index in [2.05, 4.69) is 26.2 Å². The Morgan fingerprint density at radius 3 is 2.60 bits per heavy atom. The first-order valence-corrected chi connectivity index (χ1v) is 6.54. The number of carboxylic acids is 1. The highest BCUT2D eigenvalue weighted by Gasteiger charge is 2.12. The third-order valence-corrected chi connectivity index (χ3v) is 3.14. The summed E-state index contributed by atoms with van der Waals surface area (Å²) in [4.78, 5) is 26.7. The third kappa shape index (κ3) is 3.21. The molecule has 0 saturated carbocycles. The van der Waals surface area contributed by atoms with Crippen molar-refractivity contribution in [2.75, 3.05) is 5.32 Å². The Balaban J connectivity index is 2.26. The Kier molecular flexibility index (Phi) is 4.14. The van der Waals surface area contributed by atoms with Gasteiger partial charge in [0.15, 0.2) is 0 Å². The predicted molar refractivity (Wildman–Crippen MR) is 78.0 cm³/mol. The number of carbonyl (C=O) groups excluding carboxylic acids is 1. The van der Waals surface area contributed by atoms with Crippen LogP contribution in [0, 0.1) is 6.92 Å². The fraction of sp³-hybridized carbons (Fsp3) is 0.0714. The minimum absolute atomic E-state index is 0.0595. The third-order valence-electron chi connectivity index (χ3n) is 2.65. The number of halogens is 1. The number of anilines is 1. The summed E-state index contributed by atoms with van der Waals surface area (Å²) in [5.41, 5.74) is 1.44. The molecule has 0 bridgehead atoms. The average Bonchev–Trinajstić information content (AvgIpc) is 2.43. The first-order chi connectivity index (χ1) is 9.47. The molecule has 5 nitrogen and oxygen atoms in total. The van der Waals surface area contributed by atoms with Crippen LogP contribution in [-0.4, -0.2) is 22.0 Å². The van der Waals surface area contributed by atoms with E-state index in [9.17, 15) is 9.59 Å². The number of nitrogens with zero attached hydrogens (tertiary/aromatic N) is 1. The van der Waals surface area contributed by atoms with Crippen LogP contribution in [0.3, 0.4) is 0 Å². The summed E-state index contributed by atoms with van der Waals surface area (Å²) in [6.07, 6.45) is 0. The van der Waals surface area contributed by atoms with Gasteiger partial charge in [-0.25, -0.2) is 9.78 Å². The van der Waals surface area contributed by atoms with Crippen molar-refractivity contribution in [2.24, 2.45) is 0 Å². The molecule has 2 aromatic rings. The van der Waals surface area contributed by atoms with Crippen LogP contribution >= 0.6 is 15.9 Å². The molecule has 2 N–H and O–H groups in total. The molecule has 0 atom stereocenters. The second-order valence-electron chi connectivity index (χ2n) is 4.13. The first kappa shape index (κ1) is 14.2. The Morgan fingerprint density at radius 1 is 1.20 bits per heavy atom. The highest BCUT2D eigenvalue weighted by Crippen LogP contribution is 2.21. The number of hydrogen-bond acceptors (Lipinski definition) is 3. The average molecular weight is 335 g/mol. The lowest BCUT2D eigenvalue weighted by molar-refractivity contribution is 0.0690. The van der Waals surface area contributed by atoms with Crippen LogP contribution in [0.2, 0.25) is 0 Å². The Hall–Kier alpha value is -2.21. The van der Waals surface area contributed by atoms with Gasteiger partial charge in [0.1, 0.15) is 11.4 Å². The maximum absolute atomic E-state index is 12.1. The zero-order valence-corrected chi connectivity index (χ0v) is 12.1. The normalized spacial score (nSPS) is 10.1. The monoisotopic (exact) mass is 334 g/mol. The number of hydrogen-bond donors (Lipinski definition) is 2. The van der Waals surface area contributed by atoms with Crippen molar-refractivity contribution in [1.82, 2.24) is 4.98 Å². The van der Waals surface area contributed by atoms with Crippen LogP contribution in [0.4, 0.5) is 5.69 Å². The van der Waals surface area contributed by atoms with Crippen molar-refractivity contribution in [2.45, 2.75) is 6.92 Å². The maximum Gasteiger partial charge on any atom is 0.354 e. The van der Waals surface area contributed by atoms with Crippen LogP contribution in [0.1, 0.15) is 26.5 Å². The number of carbonyl (C=O) groups is 2. The summed E-state index contributed by atoms with van der Waals surface area (Å²) < 4.78 is 0.839. The molecule has 6 heteroatoms. The van der Waals surface area contributed by atoms with Gasteiger partial charge in [-0.2, -0.15) is 0 Å². The number of aryl methyl sites for hydroxylation is 1. The fourth-order valence-electron chi connectivity index (χ4n) is 1.60. The molecule has 0 spiro atoms. The van der Waals surface area contributed by atoms with Crippen molar-refractivity contribution >= 4 is 33.5 Å². The summed E-state index contributed by atoms with van der Waals surface area (Å²) in [6, 6.07) is 9.79. The number of amides is 1. The maximum atomic E-state index is 12.1. The molecule has 0 aliphatic rings. The molecule has 0 aliphatic heterocycles. The molecule has 2 rings (SSSR count). The van der Waals surface area contributed by atoms with E-state index in [1.165, 1.54) is 18.2 Å². The van der Waals surface area contributed by atoms with E-state index >= 15 is 0 Å². The van der Waals surface area contributed by atoms with Gasteiger partial charge in [-0.05, 0) is 36.8 Å². The van der Waals surface area contributed by atoms with Gasteiger partial charge in [0.05, 0.1) is 0 Å². The predicted octanol–water partition coefficient (Wildman–Crippen LogP) is 3.10. The van der Waals surface area contributed by atoms with Crippen molar-refractivity contribution in [3.05, 3.63) is 57.8 Å². The lowest BCUT2D eigenvalue weighted by Gasteiger charge is -2.08. The van der Waals surface area contributed by atoms with Crippen LogP contribution in [0.5, 0.6) is 0 Å². The minimum atomic E-state index is -1.17. The first-order valence-electron chi connectivity index (χ1n) is 5.75. The lowest BCUT2D eigenvalue weighted by atomic mass is 10.2. The molecule has 0 aliphatic carbocycles. The summed E-state index contributed by atoms with van der Waals surface area (Å²) in [5.74, 6) is -1.62. The van der Waals surface area contributed by atoms with Gasteiger partial charge < -0.3 is 10.4 Å². The van der Waals surface area contributed by atoms with Crippen LogP contribution in [0.25, 0.3) is 0 Å². The quantitative estimate of drug-likeness (QED) is 0.903. The number of nitrogens with one attached hydrogen (secondary N) is 1. The topological polar surface area (TPSA) is 79.3 Å². The van der Waals surface area contributed by atoms with Gasteiger partial charge in [-0.15, -0.1) is 0 Å². The smallest absolute Gasteiger partial charge is 0.354 e. The summed E-state index contributed by atoms with van der Waals surface area (Å²) in [6.45, 7) is 1.86. The Labute approximate surface area is 123 Å². The Morgan fingerprint density at radius 2 is 1.90 bits per heavy atom. The van der Waals surface area contributed by atoms with Crippen molar-refractivity contribution in [3.63, 3.8) is 0 Å².